The summed E-state index contributed by atoms with van der Waals surface area (Å²) in [5.41, 5.74) is 2.39. The smallest absolute Gasteiger partial charge is 0.224 e. The second-order valence-electron chi connectivity index (χ2n) is 7.07. The van der Waals surface area contributed by atoms with Gasteiger partial charge in [0, 0.05) is 31.6 Å². The lowest BCUT2D eigenvalue weighted by Crippen LogP contribution is -2.56. The van der Waals surface area contributed by atoms with E-state index in [0.29, 0.717) is 39.1 Å². The van der Waals surface area contributed by atoms with E-state index >= 15 is 0 Å². The molecule has 1 aromatic heterocycles. The average molecular weight is 357 g/mol. The lowest BCUT2D eigenvalue weighted by Gasteiger charge is -2.42. The minimum atomic E-state index is -0.729. The highest BCUT2D eigenvalue weighted by atomic mass is 16.5. The Bertz CT molecular complexity index is 744. The van der Waals surface area contributed by atoms with E-state index in [1.807, 2.05) is 59.8 Å². The molecule has 1 N–H and O–H groups in total. The van der Waals surface area contributed by atoms with Crippen molar-refractivity contribution in [3.63, 3.8) is 0 Å². The first kappa shape index (κ1) is 18.6. The highest BCUT2D eigenvalue weighted by Gasteiger charge is 2.38. The van der Waals surface area contributed by atoms with Crippen molar-refractivity contribution in [2.75, 3.05) is 26.3 Å². The first-order chi connectivity index (χ1) is 12.5. The van der Waals surface area contributed by atoms with Crippen LogP contribution in [0.3, 0.4) is 0 Å². The Balaban J connectivity index is 1.62. The highest BCUT2D eigenvalue weighted by molar-refractivity contribution is 5.76. The summed E-state index contributed by atoms with van der Waals surface area (Å²) in [6.07, 6.45) is 0.986. The van der Waals surface area contributed by atoms with Gasteiger partial charge in [-0.25, -0.2) is 0 Å². The van der Waals surface area contributed by atoms with Gasteiger partial charge in [0.2, 0.25) is 5.91 Å². The maximum Gasteiger partial charge on any atom is 0.224 e. The first-order valence-electron chi connectivity index (χ1n) is 9.09. The first-order valence-corrected chi connectivity index (χ1v) is 9.09. The minimum Gasteiger partial charge on any atom is -0.393 e. The number of hydrogen-bond donors (Lipinski definition) is 1. The number of aliphatic hydroxyl groups is 1. The molecule has 6 nitrogen and oxygen atoms in total. The summed E-state index contributed by atoms with van der Waals surface area (Å²) in [6, 6.07) is 12.0. The monoisotopic (exact) mass is 357 g/mol. The van der Waals surface area contributed by atoms with Crippen LogP contribution >= 0.6 is 0 Å². The third-order valence-electron chi connectivity index (χ3n) is 4.90. The van der Waals surface area contributed by atoms with Gasteiger partial charge in [0.15, 0.2) is 0 Å². The molecule has 1 saturated heterocycles. The zero-order chi connectivity index (χ0) is 18.6. The molecule has 2 aromatic rings. The molecule has 26 heavy (non-hydrogen) atoms. The number of benzene rings is 1. The Hall–Kier alpha value is -2.18. The Morgan fingerprint density at radius 1 is 1.31 bits per heavy atom. The number of nitrogens with zero attached hydrogens (tertiary/aromatic N) is 3. The van der Waals surface area contributed by atoms with E-state index in [4.69, 9.17) is 4.74 Å². The van der Waals surface area contributed by atoms with Gasteiger partial charge < -0.3 is 14.7 Å². The fourth-order valence-electron chi connectivity index (χ4n) is 3.55. The Morgan fingerprint density at radius 2 is 2.08 bits per heavy atom. The van der Waals surface area contributed by atoms with Crippen molar-refractivity contribution in [3.05, 3.63) is 53.3 Å². The van der Waals surface area contributed by atoms with E-state index in [9.17, 15) is 9.90 Å². The molecule has 0 spiro atoms. The van der Waals surface area contributed by atoms with Crippen LogP contribution in [-0.4, -0.2) is 57.6 Å². The zero-order valence-electron chi connectivity index (χ0n) is 15.5. The lowest BCUT2D eigenvalue weighted by atomic mass is 9.93. The molecular weight excluding hydrogens is 330 g/mol. The largest absolute Gasteiger partial charge is 0.393 e. The molecule has 0 saturated carbocycles. The van der Waals surface area contributed by atoms with E-state index in [0.717, 1.165) is 17.0 Å². The zero-order valence-corrected chi connectivity index (χ0v) is 15.5. The van der Waals surface area contributed by atoms with Crippen LogP contribution in [0.2, 0.25) is 0 Å². The molecule has 140 valence electrons. The van der Waals surface area contributed by atoms with E-state index < -0.39 is 5.60 Å². The van der Waals surface area contributed by atoms with E-state index in [1.54, 1.807) is 0 Å². The van der Waals surface area contributed by atoms with Crippen LogP contribution in [0.4, 0.5) is 0 Å². The van der Waals surface area contributed by atoms with Gasteiger partial charge in [-0.05, 0) is 25.5 Å². The second kappa shape index (κ2) is 8.01. The highest BCUT2D eigenvalue weighted by Crippen LogP contribution is 2.23. The van der Waals surface area contributed by atoms with Gasteiger partial charge in [-0.2, -0.15) is 5.10 Å². The molecule has 1 atom stereocenters. The van der Waals surface area contributed by atoms with Crippen molar-refractivity contribution in [2.24, 2.45) is 0 Å². The van der Waals surface area contributed by atoms with Gasteiger partial charge in [-0.15, -0.1) is 0 Å². The van der Waals surface area contributed by atoms with Crippen molar-refractivity contribution in [1.82, 2.24) is 14.7 Å². The molecule has 1 unspecified atom stereocenters. The quantitative estimate of drug-likeness (QED) is 0.855. The fourth-order valence-corrected chi connectivity index (χ4v) is 3.55. The number of rotatable bonds is 6. The van der Waals surface area contributed by atoms with Crippen molar-refractivity contribution in [1.29, 1.82) is 0 Å². The molecule has 3 rings (SSSR count). The number of ether oxygens (including phenoxy) is 1. The Labute approximate surface area is 154 Å². The SMILES string of the molecule is Cc1cc(C)n(CCC(=O)N2CCOC(CO)(Cc3ccccc3)C2)n1. The molecule has 1 aliphatic heterocycles. The summed E-state index contributed by atoms with van der Waals surface area (Å²) in [5.74, 6) is 0.0757. The molecule has 0 bridgehead atoms. The topological polar surface area (TPSA) is 67.6 Å². The van der Waals surface area contributed by atoms with Crippen LogP contribution in [0.15, 0.2) is 36.4 Å². The van der Waals surface area contributed by atoms with Crippen LogP contribution in [0.5, 0.6) is 0 Å². The Kier molecular flexibility index (Phi) is 5.74. The maximum absolute atomic E-state index is 12.7. The third kappa shape index (κ3) is 4.31. The van der Waals surface area contributed by atoms with Gasteiger partial charge >= 0.3 is 0 Å². The molecule has 1 amide bonds. The number of hydrogen-bond acceptors (Lipinski definition) is 4. The van der Waals surface area contributed by atoms with Gasteiger partial charge in [0.25, 0.3) is 0 Å². The van der Waals surface area contributed by atoms with Crippen molar-refractivity contribution < 1.29 is 14.6 Å². The molecule has 0 aliphatic carbocycles. The predicted molar refractivity (Wildman–Crippen MR) is 98.8 cm³/mol. The molecule has 6 heteroatoms. The maximum atomic E-state index is 12.7. The number of aliphatic hydroxyl groups excluding tert-OH is 1. The van der Waals surface area contributed by atoms with Crippen LogP contribution in [0.25, 0.3) is 0 Å². The number of aryl methyl sites for hydroxylation is 3. The number of aromatic nitrogens is 2. The molecule has 2 heterocycles. The summed E-state index contributed by atoms with van der Waals surface area (Å²) in [7, 11) is 0. The van der Waals surface area contributed by atoms with Crippen molar-refractivity contribution in [2.45, 2.75) is 38.8 Å². The van der Waals surface area contributed by atoms with E-state index in [-0.39, 0.29) is 12.5 Å². The second-order valence-corrected chi connectivity index (χ2v) is 7.07. The number of carbonyl (C=O) groups is 1. The van der Waals surface area contributed by atoms with E-state index in [2.05, 4.69) is 5.10 Å². The van der Waals surface area contributed by atoms with Crippen LogP contribution in [0, 0.1) is 13.8 Å². The normalized spacial score (nSPS) is 20.3. The Morgan fingerprint density at radius 3 is 2.73 bits per heavy atom. The van der Waals surface area contributed by atoms with Crippen molar-refractivity contribution in [3.8, 4) is 0 Å². The van der Waals surface area contributed by atoms with Gasteiger partial charge in [0.1, 0.15) is 5.60 Å². The molecule has 1 fully saturated rings. The summed E-state index contributed by atoms with van der Waals surface area (Å²) in [5, 5.41) is 14.4. The lowest BCUT2D eigenvalue weighted by molar-refractivity contribution is -0.158. The number of morpholine rings is 1. The molecule has 1 aromatic carbocycles. The average Bonchev–Trinajstić information content (AvgIpc) is 2.98. The van der Waals surface area contributed by atoms with E-state index in [1.165, 1.54) is 0 Å². The molecule has 1 aliphatic rings. The molecular formula is C20H27N3O3. The van der Waals surface area contributed by atoms with Crippen LogP contribution < -0.4 is 0 Å². The summed E-state index contributed by atoms with van der Waals surface area (Å²) in [6.45, 7) is 5.83. The van der Waals surface area contributed by atoms with Crippen LogP contribution in [-0.2, 0) is 22.5 Å². The van der Waals surface area contributed by atoms with Crippen LogP contribution in [0.1, 0.15) is 23.4 Å². The molecule has 0 radical (unpaired) electrons. The summed E-state index contributed by atoms with van der Waals surface area (Å²) in [4.78, 5) is 14.5. The van der Waals surface area contributed by atoms with Gasteiger partial charge in [0.05, 0.1) is 25.5 Å². The van der Waals surface area contributed by atoms with Gasteiger partial charge in [-0.3, -0.25) is 9.48 Å². The van der Waals surface area contributed by atoms with Crippen molar-refractivity contribution >= 4 is 5.91 Å². The summed E-state index contributed by atoms with van der Waals surface area (Å²) >= 11 is 0. The van der Waals surface area contributed by atoms with Gasteiger partial charge in [-0.1, -0.05) is 30.3 Å². The minimum absolute atomic E-state index is 0.0757. The standard InChI is InChI=1S/C20H27N3O3/c1-16-12-17(2)23(21-16)9-8-19(25)22-10-11-26-20(14-22,15-24)13-18-6-4-3-5-7-18/h3-7,12,24H,8-11,13-15H2,1-2H3. The summed E-state index contributed by atoms with van der Waals surface area (Å²) < 4.78 is 7.79. The number of carbonyl (C=O) groups excluding carboxylic acids is 1. The predicted octanol–water partition coefficient (Wildman–Crippen LogP) is 1.72. The third-order valence-corrected chi connectivity index (χ3v) is 4.90. The number of amides is 1. The fraction of sp³-hybridized carbons (Fsp3) is 0.500.